The van der Waals surface area contributed by atoms with E-state index in [1.54, 1.807) is 13.1 Å². The Bertz CT molecular complexity index is 485. The highest BCUT2D eigenvalue weighted by Crippen LogP contribution is 2.33. The molecule has 0 atom stereocenters. The summed E-state index contributed by atoms with van der Waals surface area (Å²) in [6.07, 6.45) is 3.00. The van der Waals surface area contributed by atoms with Gasteiger partial charge in [-0.25, -0.2) is 12.7 Å². The number of rotatable bonds is 7. The van der Waals surface area contributed by atoms with Gasteiger partial charge in [0, 0.05) is 25.0 Å². The van der Waals surface area contributed by atoms with Crippen LogP contribution >= 0.6 is 27.3 Å². The zero-order chi connectivity index (χ0) is 13.8. The molecule has 1 aromatic rings. The van der Waals surface area contributed by atoms with Crippen molar-refractivity contribution in [2.45, 2.75) is 37.6 Å². The average Bonchev–Trinajstić information content (AvgIpc) is 2.71. The first kappa shape index (κ1) is 16.1. The summed E-state index contributed by atoms with van der Waals surface area (Å²) < 4.78 is 26.7. The van der Waals surface area contributed by atoms with Gasteiger partial charge < -0.3 is 5.73 Å². The fourth-order valence-electron chi connectivity index (χ4n) is 1.55. The smallest absolute Gasteiger partial charge is 0.244 e. The predicted octanol–water partition coefficient (Wildman–Crippen LogP) is 2.78. The van der Waals surface area contributed by atoms with Crippen LogP contribution in [0, 0.1) is 0 Å². The SMILES string of the molecule is CCCCCN(C)S(=O)(=O)c1cc(CN)sc1Br. The summed E-state index contributed by atoms with van der Waals surface area (Å²) in [5.74, 6) is 0. The van der Waals surface area contributed by atoms with E-state index in [2.05, 4.69) is 22.9 Å². The van der Waals surface area contributed by atoms with Crippen molar-refractivity contribution in [1.29, 1.82) is 0 Å². The lowest BCUT2D eigenvalue weighted by Gasteiger charge is -2.16. The van der Waals surface area contributed by atoms with E-state index >= 15 is 0 Å². The van der Waals surface area contributed by atoms with Crippen molar-refractivity contribution in [2.24, 2.45) is 5.73 Å². The molecule has 4 nitrogen and oxygen atoms in total. The summed E-state index contributed by atoms with van der Waals surface area (Å²) in [5, 5.41) is 0. The normalized spacial score (nSPS) is 12.3. The molecule has 1 heterocycles. The summed E-state index contributed by atoms with van der Waals surface area (Å²) in [5.41, 5.74) is 5.53. The van der Waals surface area contributed by atoms with E-state index in [9.17, 15) is 8.42 Å². The van der Waals surface area contributed by atoms with Gasteiger partial charge in [-0.15, -0.1) is 11.3 Å². The highest BCUT2D eigenvalue weighted by molar-refractivity contribution is 9.11. The molecule has 0 amide bonds. The Morgan fingerprint density at radius 2 is 2.11 bits per heavy atom. The molecule has 1 aromatic heterocycles. The van der Waals surface area contributed by atoms with Crippen molar-refractivity contribution < 1.29 is 8.42 Å². The Labute approximate surface area is 121 Å². The van der Waals surface area contributed by atoms with Crippen LogP contribution in [0.2, 0.25) is 0 Å². The summed E-state index contributed by atoms with van der Waals surface area (Å²) in [4.78, 5) is 1.19. The molecule has 0 aliphatic rings. The van der Waals surface area contributed by atoms with Crippen molar-refractivity contribution in [3.63, 3.8) is 0 Å². The van der Waals surface area contributed by atoms with Gasteiger partial charge in [0.1, 0.15) is 4.90 Å². The minimum atomic E-state index is -3.40. The third-order valence-corrected chi connectivity index (χ3v) is 6.80. The Balaban J connectivity index is 2.87. The van der Waals surface area contributed by atoms with Crippen LogP contribution in [0.5, 0.6) is 0 Å². The van der Waals surface area contributed by atoms with Crippen LogP contribution in [0.4, 0.5) is 0 Å². The Hall–Kier alpha value is 0.0500. The van der Waals surface area contributed by atoms with Gasteiger partial charge >= 0.3 is 0 Å². The summed E-state index contributed by atoms with van der Waals surface area (Å²) in [7, 11) is -1.78. The maximum Gasteiger partial charge on any atom is 0.244 e. The van der Waals surface area contributed by atoms with Gasteiger partial charge in [-0.2, -0.15) is 0 Å². The van der Waals surface area contributed by atoms with E-state index in [1.807, 2.05) is 0 Å². The van der Waals surface area contributed by atoms with Crippen LogP contribution in [-0.2, 0) is 16.6 Å². The lowest BCUT2D eigenvalue weighted by molar-refractivity contribution is 0.454. The number of nitrogens with zero attached hydrogens (tertiary/aromatic N) is 1. The predicted molar refractivity (Wildman–Crippen MR) is 79.3 cm³/mol. The second kappa shape index (κ2) is 7.00. The fourth-order valence-corrected chi connectivity index (χ4v) is 5.26. The van der Waals surface area contributed by atoms with Crippen LogP contribution in [0.3, 0.4) is 0 Å². The molecule has 18 heavy (non-hydrogen) atoms. The second-order valence-corrected chi connectivity index (χ2v) is 8.56. The lowest BCUT2D eigenvalue weighted by Crippen LogP contribution is -2.27. The first-order chi connectivity index (χ1) is 8.43. The van der Waals surface area contributed by atoms with Gasteiger partial charge in [-0.1, -0.05) is 19.8 Å². The number of thiophene rings is 1. The standard InChI is InChI=1S/C11H19BrN2O2S2/c1-3-4-5-6-14(2)18(15,16)10-7-9(8-13)17-11(10)12/h7H,3-6,8,13H2,1-2H3. The van der Waals surface area contributed by atoms with E-state index in [0.29, 0.717) is 21.8 Å². The number of hydrogen-bond donors (Lipinski definition) is 1. The highest BCUT2D eigenvalue weighted by Gasteiger charge is 2.25. The van der Waals surface area contributed by atoms with Crippen LogP contribution in [-0.4, -0.2) is 26.3 Å². The summed E-state index contributed by atoms with van der Waals surface area (Å²) >= 11 is 4.67. The second-order valence-electron chi connectivity index (χ2n) is 4.09. The molecule has 0 aliphatic heterocycles. The molecular weight excluding hydrogens is 336 g/mol. The van der Waals surface area contributed by atoms with E-state index < -0.39 is 10.0 Å². The molecule has 104 valence electrons. The molecule has 0 fully saturated rings. The van der Waals surface area contributed by atoms with E-state index in [-0.39, 0.29) is 0 Å². The van der Waals surface area contributed by atoms with Crippen molar-refractivity contribution in [3.8, 4) is 0 Å². The zero-order valence-corrected chi connectivity index (χ0v) is 13.9. The lowest BCUT2D eigenvalue weighted by atomic mass is 10.2. The first-order valence-corrected chi connectivity index (χ1v) is 8.93. The highest BCUT2D eigenvalue weighted by atomic mass is 79.9. The zero-order valence-electron chi connectivity index (χ0n) is 10.6. The van der Waals surface area contributed by atoms with Gasteiger partial charge in [0.25, 0.3) is 0 Å². The average molecular weight is 355 g/mol. The van der Waals surface area contributed by atoms with Gasteiger partial charge in [0.15, 0.2) is 0 Å². The molecular formula is C11H19BrN2O2S2. The molecule has 0 bridgehead atoms. The van der Waals surface area contributed by atoms with Crippen LogP contribution in [0.15, 0.2) is 14.7 Å². The molecule has 0 radical (unpaired) electrons. The van der Waals surface area contributed by atoms with Gasteiger partial charge in [-0.3, -0.25) is 0 Å². The monoisotopic (exact) mass is 354 g/mol. The molecule has 0 aromatic carbocycles. The quantitative estimate of drug-likeness (QED) is 0.765. The van der Waals surface area contributed by atoms with Gasteiger partial charge in [0.2, 0.25) is 10.0 Å². The molecule has 0 saturated heterocycles. The molecule has 0 aliphatic carbocycles. The molecule has 0 unspecified atom stereocenters. The number of nitrogens with two attached hydrogens (primary N) is 1. The van der Waals surface area contributed by atoms with Gasteiger partial charge in [0.05, 0.1) is 3.79 Å². The third kappa shape index (κ3) is 3.77. The number of sulfonamides is 1. The molecule has 1 rings (SSSR count). The van der Waals surface area contributed by atoms with E-state index in [1.165, 1.54) is 15.6 Å². The maximum absolute atomic E-state index is 12.3. The van der Waals surface area contributed by atoms with Gasteiger partial charge in [-0.05, 0) is 28.4 Å². The number of unbranched alkanes of at least 4 members (excludes halogenated alkanes) is 2. The van der Waals surface area contributed by atoms with Crippen molar-refractivity contribution in [2.75, 3.05) is 13.6 Å². The largest absolute Gasteiger partial charge is 0.326 e. The van der Waals surface area contributed by atoms with Crippen molar-refractivity contribution in [3.05, 3.63) is 14.7 Å². The number of hydrogen-bond acceptors (Lipinski definition) is 4. The molecule has 0 saturated carbocycles. The Morgan fingerprint density at radius 1 is 1.44 bits per heavy atom. The third-order valence-electron chi connectivity index (χ3n) is 2.67. The van der Waals surface area contributed by atoms with Crippen molar-refractivity contribution >= 4 is 37.3 Å². The maximum atomic E-state index is 12.3. The minimum absolute atomic E-state index is 0.326. The summed E-state index contributed by atoms with van der Waals surface area (Å²) in [6, 6.07) is 1.65. The molecule has 2 N–H and O–H groups in total. The summed E-state index contributed by atoms with van der Waals surface area (Å²) in [6.45, 7) is 3.01. The minimum Gasteiger partial charge on any atom is -0.326 e. The van der Waals surface area contributed by atoms with E-state index in [0.717, 1.165) is 24.1 Å². The molecule has 7 heteroatoms. The molecule has 0 spiro atoms. The van der Waals surface area contributed by atoms with Crippen LogP contribution in [0.1, 0.15) is 31.1 Å². The first-order valence-electron chi connectivity index (χ1n) is 5.88. The topological polar surface area (TPSA) is 63.4 Å². The van der Waals surface area contributed by atoms with E-state index in [4.69, 9.17) is 5.73 Å². The van der Waals surface area contributed by atoms with Crippen molar-refractivity contribution in [1.82, 2.24) is 4.31 Å². The van der Waals surface area contributed by atoms with Crippen LogP contribution in [0.25, 0.3) is 0 Å². The fraction of sp³-hybridized carbons (Fsp3) is 0.636. The Kier molecular flexibility index (Phi) is 6.26. The van der Waals surface area contributed by atoms with Crippen LogP contribution < -0.4 is 5.73 Å². The number of halogens is 1. The Morgan fingerprint density at radius 3 is 2.61 bits per heavy atom.